The molecule has 1 aromatic rings. The van der Waals surface area contributed by atoms with Crippen molar-refractivity contribution in [1.29, 1.82) is 0 Å². The lowest BCUT2D eigenvalue weighted by Crippen LogP contribution is -2.29. The Morgan fingerprint density at radius 1 is 1.53 bits per heavy atom. The molecular formula is C12H21N3. The lowest BCUT2D eigenvalue weighted by molar-refractivity contribution is 0.397. The summed E-state index contributed by atoms with van der Waals surface area (Å²) in [5.74, 6) is 0.866. The summed E-state index contributed by atoms with van der Waals surface area (Å²) in [5, 5.41) is 7.64. The fraction of sp³-hybridized carbons (Fsp3) is 0.750. The summed E-state index contributed by atoms with van der Waals surface area (Å²) in [5.41, 5.74) is 1.36. The first-order valence-electron chi connectivity index (χ1n) is 5.95. The van der Waals surface area contributed by atoms with Crippen LogP contribution in [0.4, 0.5) is 0 Å². The van der Waals surface area contributed by atoms with E-state index in [2.05, 4.69) is 23.5 Å². The van der Waals surface area contributed by atoms with E-state index in [1.165, 1.54) is 37.8 Å². The van der Waals surface area contributed by atoms with Gasteiger partial charge in [-0.1, -0.05) is 6.42 Å². The largest absolute Gasteiger partial charge is 0.317 e. The minimum absolute atomic E-state index is 0.748. The maximum atomic E-state index is 4.20. The third kappa shape index (κ3) is 2.40. The van der Waals surface area contributed by atoms with Gasteiger partial charge in [-0.3, -0.25) is 4.68 Å². The first-order chi connectivity index (χ1) is 7.31. The highest BCUT2D eigenvalue weighted by atomic mass is 15.2. The summed E-state index contributed by atoms with van der Waals surface area (Å²) in [6.45, 7) is 0. The predicted molar refractivity (Wildman–Crippen MR) is 61.7 cm³/mol. The highest BCUT2D eigenvalue weighted by Crippen LogP contribution is 2.29. The highest BCUT2D eigenvalue weighted by molar-refractivity contribution is 5.00. The Labute approximate surface area is 91.9 Å². The van der Waals surface area contributed by atoms with Gasteiger partial charge in [0.2, 0.25) is 0 Å². The summed E-state index contributed by atoms with van der Waals surface area (Å²) < 4.78 is 1.99. The van der Waals surface area contributed by atoms with E-state index in [9.17, 15) is 0 Å². The molecule has 2 atom stereocenters. The molecule has 0 aromatic carbocycles. The second kappa shape index (κ2) is 4.79. The highest BCUT2D eigenvalue weighted by Gasteiger charge is 2.25. The first kappa shape index (κ1) is 10.7. The fourth-order valence-electron chi connectivity index (χ4n) is 2.74. The second-order valence-electron chi connectivity index (χ2n) is 4.57. The van der Waals surface area contributed by atoms with Crippen LogP contribution in [-0.4, -0.2) is 22.9 Å². The van der Waals surface area contributed by atoms with Crippen molar-refractivity contribution in [2.24, 2.45) is 13.0 Å². The van der Waals surface area contributed by atoms with E-state index in [-0.39, 0.29) is 0 Å². The number of nitrogens with one attached hydrogen (secondary N) is 1. The Kier molecular flexibility index (Phi) is 3.41. The molecule has 15 heavy (non-hydrogen) atoms. The third-order valence-corrected chi connectivity index (χ3v) is 3.72. The monoisotopic (exact) mass is 207 g/mol. The Bertz CT molecular complexity index is 306. The molecule has 2 rings (SSSR count). The number of hydrogen-bond donors (Lipinski definition) is 1. The normalized spacial score (nSPS) is 26.0. The number of nitrogens with zero attached hydrogens (tertiary/aromatic N) is 2. The van der Waals surface area contributed by atoms with Crippen LogP contribution < -0.4 is 5.32 Å². The molecule has 1 heterocycles. The Balaban J connectivity index is 1.85. The van der Waals surface area contributed by atoms with Gasteiger partial charge in [0.15, 0.2) is 0 Å². The van der Waals surface area contributed by atoms with Crippen LogP contribution in [0.1, 0.15) is 31.4 Å². The topological polar surface area (TPSA) is 29.9 Å². The van der Waals surface area contributed by atoms with Crippen molar-refractivity contribution < 1.29 is 0 Å². The van der Waals surface area contributed by atoms with E-state index in [0.717, 1.165) is 12.0 Å². The van der Waals surface area contributed by atoms with Gasteiger partial charge in [0.05, 0.1) is 0 Å². The van der Waals surface area contributed by atoms with Gasteiger partial charge in [0.1, 0.15) is 0 Å². The molecular weight excluding hydrogens is 186 g/mol. The molecule has 0 bridgehead atoms. The fourth-order valence-corrected chi connectivity index (χ4v) is 2.74. The van der Waals surface area contributed by atoms with E-state index in [1.807, 2.05) is 17.9 Å². The second-order valence-corrected chi connectivity index (χ2v) is 4.57. The molecule has 1 aliphatic rings. The summed E-state index contributed by atoms with van der Waals surface area (Å²) >= 11 is 0. The van der Waals surface area contributed by atoms with Gasteiger partial charge < -0.3 is 5.32 Å². The van der Waals surface area contributed by atoms with Crippen molar-refractivity contribution in [2.75, 3.05) is 7.05 Å². The quantitative estimate of drug-likeness (QED) is 0.815. The van der Waals surface area contributed by atoms with Gasteiger partial charge in [-0.2, -0.15) is 5.10 Å². The Morgan fingerprint density at radius 2 is 2.40 bits per heavy atom. The summed E-state index contributed by atoms with van der Waals surface area (Å²) in [6.07, 6.45) is 8.49. The van der Waals surface area contributed by atoms with Gasteiger partial charge in [-0.15, -0.1) is 0 Å². The molecule has 0 aliphatic heterocycles. The number of aryl methyl sites for hydroxylation is 2. The van der Waals surface area contributed by atoms with E-state index in [1.54, 1.807) is 0 Å². The van der Waals surface area contributed by atoms with Crippen molar-refractivity contribution in [1.82, 2.24) is 15.1 Å². The van der Waals surface area contributed by atoms with Gasteiger partial charge in [0, 0.05) is 25.0 Å². The average molecular weight is 207 g/mol. The molecule has 1 fully saturated rings. The van der Waals surface area contributed by atoms with Crippen LogP contribution in [0.25, 0.3) is 0 Å². The van der Waals surface area contributed by atoms with Gasteiger partial charge in [-0.05, 0) is 44.7 Å². The Hall–Kier alpha value is -0.830. The molecule has 0 radical (unpaired) electrons. The van der Waals surface area contributed by atoms with E-state index < -0.39 is 0 Å². The SMILES string of the molecule is CNC1CCCC1CCc1ccnn1C. The molecule has 0 amide bonds. The van der Waals surface area contributed by atoms with Crippen molar-refractivity contribution in [3.8, 4) is 0 Å². The van der Waals surface area contributed by atoms with Crippen LogP contribution in [0.2, 0.25) is 0 Å². The van der Waals surface area contributed by atoms with Crippen molar-refractivity contribution in [2.45, 2.75) is 38.1 Å². The van der Waals surface area contributed by atoms with E-state index in [4.69, 9.17) is 0 Å². The third-order valence-electron chi connectivity index (χ3n) is 3.72. The zero-order valence-corrected chi connectivity index (χ0v) is 9.74. The van der Waals surface area contributed by atoms with Crippen LogP contribution in [0, 0.1) is 5.92 Å². The summed E-state index contributed by atoms with van der Waals surface area (Å²) in [7, 11) is 4.12. The molecule has 2 unspecified atom stereocenters. The maximum Gasteiger partial charge on any atom is 0.0492 e. The standard InChI is InChI=1S/C12H21N3/c1-13-12-5-3-4-10(12)6-7-11-8-9-14-15(11)2/h8-10,12-13H,3-7H2,1-2H3. The smallest absolute Gasteiger partial charge is 0.0492 e. The van der Waals surface area contributed by atoms with Crippen LogP contribution in [0.15, 0.2) is 12.3 Å². The molecule has 1 N–H and O–H groups in total. The van der Waals surface area contributed by atoms with Gasteiger partial charge in [-0.25, -0.2) is 0 Å². The molecule has 1 aromatic heterocycles. The zero-order chi connectivity index (χ0) is 10.7. The Morgan fingerprint density at radius 3 is 3.07 bits per heavy atom. The van der Waals surface area contributed by atoms with Crippen molar-refractivity contribution in [3.05, 3.63) is 18.0 Å². The first-order valence-corrected chi connectivity index (χ1v) is 5.95. The summed E-state index contributed by atoms with van der Waals surface area (Å²) in [4.78, 5) is 0. The molecule has 0 spiro atoms. The number of hydrogen-bond acceptors (Lipinski definition) is 2. The lowest BCUT2D eigenvalue weighted by Gasteiger charge is -2.18. The predicted octanol–water partition coefficient (Wildman–Crippen LogP) is 1.74. The van der Waals surface area contributed by atoms with Crippen molar-refractivity contribution in [3.63, 3.8) is 0 Å². The summed E-state index contributed by atoms with van der Waals surface area (Å²) in [6, 6.07) is 2.88. The van der Waals surface area contributed by atoms with Crippen LogP contribution >= 0.6 is 0 Å². The molecule has 84 valence electrons. The van der Waals surface area contributed by atoms with Crippen LogP contribution in [0.5, 0.6) is 0 Å². The molecule has 1 saturated carbocycles. The molecule has 3 heteroatoms. The number of aromatic nitrogens is 2. The van der Waals surface area contributed by atoms with E-state index in [0.29, 0.717) is 0 Å². The minimum Gasteiger partial charge on any atom is -0.317 e. The molecule has 1 aliphatic carbocycles. The minimum atomic E-state index is 0.748. The number of rotatable bonds is 4. The van der Waals surface area contributed by atoms with Gasteiger partial charge in [0.25, 0.3) is 0 Å². The molecule has 0 saturated heterocycles. The average Bonchev–Trinajstić information content (AvgIpc) is 2.83. The lowest BCUT2D eigenvalue weighted by atomic mass is 9.97. The molecule has 3 nitrogen and oxygen atoms in total. The van der Waals surface area contributed by atoms with Crippen molar-refractivity contribution >= 4 is 0 Å². The van der Waals surface area contributed by atoms with E-state index >= 15 is 0 Å². The zero-order valence-electron chi connectivity index (χ0n) is 9.74. The van der Waals surface area contributed by atoms with Gasteiger partial charge >= 0.3 is 0 Å². The van der Waals surface area contributed by atoms with Crippen LogP contribution in [-0.2, 0) is 13.5 Å². The van der Waals surface area contributed by atoms with Crippen LogP contribution in [0.3, 0.4) is 0 Å². The maximum absolute atomic E-state index is 4.20.